The Morgan fingerprint density at radius 2 is 2.00 bits per heavy atom. The molecule has 0 bridgehead atoms. The van der Waals surface area contributed by atoms with E-state index < -0.39 is 0 Å². The standard InChI is InChI=1S/C13H16/c1-9(2)12-7-6-11-5-4-10(3)13(11)8-12/h6-9H,3-5H2,1-2H3. The van der Waals surface area contributed by atoms with Gasteiger partial charge in [-0.05, 0) is 41.0 Å². The lowest BCUT2D eigenvalue weighted by molar-refractivity contribution is 0.865. The summed E-state index contributed by atoms with van der Waals surface area (Å²) in [6.07, 6.45) is 2.34. The van der Waals surface area contributed by atoms with Crippen LogP contribution in [0.4, 0.5) is 0 Å². The molecule has 0 aromatic heterocycles. The number of hydrogen-bond donors (Lipinski definition) is 0. The van der Waals surface area contributed by atoms with Crippen LogP contribution in [0.3, 0.4) is 0 Å². The molecule has 1 aliphatic carbocycles. The third kappa shape index (κ3) is 1.41. The van der Waals surface area contributed by atoms with Crippen molar-refractivity contribution in [1.29, 1.82) is 0 Å². The number of fused-ring (bicyclic) bond motifs is 1. The van der Waals surface area contributed by atoms with Gasteiger partial charge in [0.1, 0.15) is 0 Å². The van der Waals surface area contributed by atoms with Gasteiger partial charge in [-0.25, -0.2) is 0 Å². The first-order valence-electron chi connectivity index (χ1n) is 4.99. The van der Waals surface area contributed by atoms with Gasteiger partial charge in [-0.3, -0.25) is 0 Å². The number of allylic oxidation sites excluding steroid dienone is 1. The lowest BCUT2D eigenvalue weighted by Crippen LogP contribution is -1.89. The van der Waals surface area contributed by atoms with Gasteiger partial charge in [0.2, 0.25) is 0 Å². The second kappa shape index (κ2) is 3.02. The van der Waals surface area contributed by atoms with Crippen molar-refractivity contribution in [2.75, 3.05) is 0 Å². The van der Waals surface area contributed by atoms with Crippen LogP contribution in [0.2, 0.25) is 0 Å². The van der Waals surface area contributed by atoms with Gasteiger partial charge in [0.05, 0.1) is 0 Å². The lowest BCUT2D eigenvalue weighted by atomic mass is 9.98. The predicted octanol–water partition coefficient (Wildman–Crippen LogP) is 3.77. The van der Waals surface area contributed by atoms with Gasteiger partial charge in [0.25, 0.3) is 0 Å². The van der Waals surface area contributed by atoms with E-state index >= 15 is 0 Å². The second-order valence-electron chi connectivity index (χ2n) is 4.17. The molecule has 0 atom stereocenters. The van der Waals surface area contributed by atoms with Crippen molar-refractivity contribution < 1.29 is 0 Å². The van der Waals surface area contributed by atoms with E-state index in [0.29, 0.717) is 5.92 Å². The van der Waals surface area contributed by atoms with E-state index in [1.807, 2.05) is 0 Å². The van der Waals surface area contributed by atoms with Crippen LogP contribution in [-0.4, -0.2) is 0 Å². The van der Waals surface area contributed by atoms with Crippen LogP contribution in [0.5, 0.6) is 0 Å². The SMILES string of the molecule is C=C1CCc2ccc(C(C)C)cc21. The molecule has 2 rings (SSSR count). The van der Waals surface area contributed by atoms with Crippen LogP contribution in [0.1, 0.15) is 42.9 Å². The zero-order chi connectivity index (χ0) is 9.42. The number of aryl methyl sites for hydroxylation is 1. The van der Waals surface area contributed by atoms with E-state index in [4.69, 9.17) is 0 Å². The molecule has 0 N–H and O–H groups in total. The fourth-order valence-electron chi connectivity index (χ4n) is 1.92. The summed E-state index contributed by atoms with van der Waals surface area (Å²) in [6.45, 7) is 8.57. The van der Waals surface area contributed by atoms with Crippen molar-refractivity contribution in [3.8, 4) is 0 Å². The Labute approximate surface area is 80.3 Å². The van der Waals surface area contributed by atoms with Crippen LogP contribution in [0.25, 0.3) is 5.57 Å². The minimum Gasteiger partial charge on any atom is -0.0952 e. The molecule has 0 nitrogen and oxygen atoms in total. The normalized spacial score (nSPS) is 15.2. The highest BCUT2D eigenvalue weighted by molar-refractivity contribution is 5.71. The quantitative estimate of drug-likeness (QED) is 0.605. The molecule has 0 radical (unpaired) electrons. The van der Waals surface area contributed by atoms with E-state index in [1.165, 1.54) is 28.7 Å². The second-order valence-corrected chi connectivity index (χ2v) is 4.17. The van der Waals surface area contributed by atoms with Crippen molar-refractivity contribution in [2.45, 2.75) is 32.6 Å². The Kier molecular flexibility index (Phi) is 1.99. The van der Waals surface area contributed by atoms with E-state index in [-0.39, 0.29) is 0 Å². The largest absolute Gasteiger partial charge is 0.0952 e. The topological polar surface area (TPSA) is 0 Å². The summed E-state index contributed by atoms with van der Waals surface area (Å²) in [5.41, 5.74) is 5.64. The Balaban J connectivity index is 2.48. The Morgan fingerprint density at radius 1 is 1.23 bits per heavy atom. The first kappa shape index (κ1) is 8.55. The third-order valence-corrected chi connectivity index (χ3v) is 2.88. The van der Waals surface area contributed by atoms with Crippen molar-refractivity contribution in [1.82, 2.24) is 0 Å². The van der Waals surface area contributed by atoms with Crippen molar-refractivity contribution in [3.05, 3.63) is 41.5 Å². The zero-order valence-corrected chi connectivity index (χ0v) is 8.43. The number of benzene rings is 1. The minimum absolute atomic E-state index is 0.624. The molecule has 0 unspecified atom stereocenters. The van der Waals surface area contributed by atoms with E-state index in [9.17, 15) is 0 Å². The van der Waals surface area contributed by atoms with Gasteiger partial charge in [-0.1, -0.05) is 38.6 Å². The molecule has 0 fully saturated rings. The first-order valence-corrected chi connectivity index (χ1v) is 4.99. The molecule has 1 aliphatic rings. The predicted molar refractivity (Wildman–Crippen MR) is 57.9 cm³/mol. The van der Waals surface area contributed by atoms with Crippen LogP contribution >= 0.6 is 0 Å². The van der Waals surface area contributed by atoms with Crippen LogP contribution in [0, 0.1) is 0 Å². The molecule has 0 aliphatic heterocycles. The lowest BCUT2D eigenvalue weighted by Gasteiger charge is -2.08. The number of rotatable bonds is 1. The van der Waals surface area contributed by atoms with Crippen molar-refractivity contribution in [2.24, 2.45) is 0 Å². The van der Waals surface area contributed by atoms with Gasteiger partial charge < -0.3 is 0 Å². The molecule has 0 saturated heterocycles. The van der Waals surface area contributed by atoms with Gasteiger partial charge in [0, 0.05) is 0 Å². The molecule has 13 heavy (non-hydrogen) atoms. The average molecular weight is 172 g/mol. The molecular formula is C13H16. The maximum absolute atomic E-state index is 4.10. The maximum atomic E-state index is 4.10. The fourth-order valence-corrected chi connectivity index (χ4v) is 1.92. The molecule has 0 amide bonds. The van der Waals surface area contributed by atoms with Gasteiger partial charge in [-0.15, -0.1) is 0 Å². The van der Waals surface area contributed by atoms with E-state index in [0.717, 1.165) is 6.42 Å². The summed E-state index contributed by atoms with van der Waals surface area (Å²) in [7, 11) is 0. The van der Waals surface area contributed by atoms with E-state index in [2.05, 4.69) is 38.6 Å². The molecule has 0 spiro atoms. The molecule has 0 heteroatoms. The summed E-state index contributed by atoms with van der Waals surface area (Å²) in [4.78, 5) is 0. The molecule has 0 heterocycles. The van der Waals surface area contributed by atoms with Gasteiger partial charge >= 0.3 is 0 Å². The summed E-state index contributed by atoms with van der Waals surface area (Å²) in [6, 6.07) is 6.83. The van der Waals surface area contributed by atoms with Gasteiger partial charge in [0.15, 0.2) is 0 Å². The number of hydrogen-bond acceptors (Lipinski definition) is 0. The minimum atomic E-state index is 0.624. The average Bonchev–Trinajstić information content (AvgIpc) is 2.47. The molecule has 1 aromatic carbocycles. The Hall–Kier alpha value is -1.04. The highest BCUT2D eigenvalue weighted by Gasteiger charge is 2.14. The molecule has 0 saturated carbocycles. The molecule has 68 valence electrons. The monoisotopic (exact) mass is 172 g/mol. The summed E-state index contributed by atoms with van der Waals surface area (Å²) >= 11 is 0. The molecule has 1 aromatic rings. The van der Waals surface area contributed by atoms with Crippen LogP contribution in [0.15, 0.2) is 24.8 Å². The third-order valence-electron chi connectivity index (χ3n) is 2.88. The van der Waals surface area contributed by atoms with E-state index in [1.54, 1.807) is 0 Å². The first-order chi connectivity index (χ1) is 6.18. The highest BCUT2D eigenvalue weighted by Crippen LogP contribution is 2.32. The molecular weight excluding hydrogens is 156 g/mol. The van der Waals surface area contributed by atoms with Crippen molar-refractivity contribution in [3.63, 3.8) is 0 Å². The van der Waals surface area contributed by atoms with Crippen LogP contribution < -0.4 is 0 Å². The Morgan fingerprint density at radius 3 is 2.69 bits per heavy atom. The zero-order valence-electron chi connectivity index (χ0n) is 8.43. The van der Waals surface area contributed by atoms with Crippen LogP contribution in [-0.2, 0) is 6.42 Å². The Bertz CT molecular complexity index is 345. The summed E-state index contributed by atoms with van der Waals surface area (Å²) < 4.78 is 0. The fraction of sp³-hybridized carbons (Fsp3) is 0.385. The van der Waals surface area contributed by atoms with Gasteiger partial charge in [-0.2, -0.15) is 0 Å². The maximum Gasteiger partial charge on any atom is -0.0195 e. The summed E-state index contributed by atoms with van der Waals surface area (Å²) in [5.74, 6) is 0.624. The highest BCUT2D eigenvalue weighted by atomic mass is 14.2. The van der Waals surface area contributed by atoms with Crippen molar-refractivity contribution >= 4 is 5.57 Å². The summed E-state index contributed by atoms with van der Waals surface area (Å²) in [5, 5.41) is 0. The smallest absolute Gasteiger partial charge is 0.0195 e.